The number of ether oxygens (including phenoxy) is 2. The van der Waals surface area contributed by atoms with Crippen molar-refractivity contribution in [1.82, 2.24) is 5.32 Å². The van der Waals surface area contributed by atoms with Gasteiger partial charge in [-0.1, -0.05) is 154 Å². The Hall–Kier alpha value is -1.46. The number of rotatable bonds is 35. The van der Waals surface area contributed by atoms with Crippen LogP contribution in [0.4, 0.5) is 0 Å². The fourth-order valence-corrected chi connectivity index (χ4v) is 7.15. The van der Waals surface area contributed by atoms with E-state index in [9.17, 15) is 38.7 Å². The van der Waals surface area contributed by atoms with E-state index in [1.807, 2.05) is 18.2 Å². The minimum atomic E-state index is -5.11. The summed E-state index contributed by atoms with van der Waals surface area (Å²) in [7, 11) is -5.11. The molecule has 324 valence electrons. The normalized spacial score (nSPS) is 22.4. The summed E-state index contributed by atoms with van der Waals surface area (Å²) >= 11 is 0. The highest BCUT2D eigenvalue weighted by atomic mass is 32.3. The first-order valence-corrected chi connectivity index (χ1v) is 22.7. The van der Waals surface area contributed by atoms with Crippen LogP contribution in [0.5, 0.6) is 0 Å². The smallest absolute Gasteiger partial charge is 0.394 e. The van der Waals surface area contributed by atoms with E-state index in [2.05, 4.69) is 23.3 Å². The average molecular weight is 808 g/mol. The van der Waals surface area contributed by atoms with Crippen molar-refractivity contribution >= 4 is 16.3 Å². The molecule has 13 nitrogen and oxygen atoms in total. The molecule has 1 rings (SSSR count). The van der Waals surface area contributed by atoms with E-state index >= 15 is 0 Å². The number of unbranched alkanes of at least 4 members (excludes halogenated alkanes) is 20. The molecule has 1 heterocycles. The van der Waals surface area contributed by atoms with Crippen molar-refractivity contribution in [2.24, 2.45) is 0 Å². The number of aliphatic hydroxyl groups excluding tert-OH is 5. The van der Waals surface area contributed by atoms with Gasteiger partial charge in [-0.15, -0.1) is 0 Å². The molecule has 14 heteroatoms. The van der Waals surface area contributed by atoms with Crippen LogP contribution >= 0.6 is 0 Å². The molecule has 8 unspecified atom stereocenters. The predicted octanol–water partition coefficient (Wildman–Crippen LogP) is 6.35. The Morgan fingerprint density at radius 3 is 1.71 bits per heavy atom. The largest absolute Gasteiger partial charge is 0.397 e. The first-order valence-electron chi connectivity index (χ1n) is 21.3. The fraction of sp³-hybridized carbons (Fsp3) is 0.878. The van der Waals surface area contributed by atoms with Gasteiger partial charge in [0.2, 0.25) is 5.91 Å². The number of aliphatic hydroxyl groups is 5. The lowest BCUT2D eigenvalue weighted by Gasteiger charge is -2.41. The van der Waals surface area contributed by atoms with Crippen molar-refractivity contribution in [3.63, 3.8) is 0 Å². The third-order valence-corrected chi connectivity index (χ3v) is 10.6. The molecule has 0 spiro atoms. The zero-order chi connectivity index (χ0) is 40.7. The molecule has 0 bridgehead atoms. The zero-order valence-electron chi connectivity index (χ0n) is 33.9. The standard InChI is InChI=1S/C41H77NO12S/c1-3-5-7-9-11-13-14-15-16-17-18-19-20-21-22-24-25-27-29-34(44)33(42-40(48)35(45)30-28-26-23-12-10-8-6-4-2)32-52-41-38(47)39(54-55(49,50)51)37(46)36(31-43)53-41/h23,26-27,29,33-39,41,43-47H,3-22,24-25,28,30-32H2,1-2H3,(H,42,48)(H,49,50,51)/b26-23-,29-27+. The van der Waals surface area contributed by atoms with Crippen molar-refractivity contribution in [2.75, 3.05) is 13.2 Å². The third-order valence-electron chi connectivity index (χ3n) is 10.1. The minimum absolute atomic E-state index is 0.158. The Balaban J connectivity index is 2.62. The van der Waals surface area contributed by atoms with E-state index in [0.717, 1.165) is 44.9 Å². The molecule has 0 aromatic carbocycles. The topological polar surface area (TPSA) is 212 Å². The van der Waals surface area contributed by atoms with E-state index in [-0.39, 0.29) is 6.42 Å². The summed E-state index contributed by atoms with van der Waals surface area (Å²) in [6, 6.07) is -1.13. The highest BCUT2D eigenvalue weighted by molar-refractivity contribution is 7.80. The highest BCUT2D eigenvalue weighted by Gasteiger charge is 2.48. The molecule has 1 fully saturated rings. The first kappa shape index (κ1) is 51.6. The van der Waals surface area contributed by atoms with Crippen LogP contribution in [0.2, 0.25) is 0 Å². The van der Waals surface area contributed by atoms with Gasteiger partial charge in [0.15, 0.2) is 6.29 Å². The Bertz CT molecular complexity index is 1110. The minimum Gasteiger partial charge on any atom is -0.394 e. The van der Waals surface area contributed by atoms with Gasteiger partial charge >= 0.3 is 10.4 Å². The second-order valence-corrected chi connectivity index (χ2v) is 16.1. The van der Waals surface area contributed by atoms with E-state index in [1.54, 1.807) is 0 Å². The van der Waals surface area contributed by atoms with Gasteiger partial charge in [0.1, 0.15) is 30.5 Å². The number of nitrogens with one attached hydrogen (secondary N) is 1. The maximum Gasteiger partial charge on any atom is 0.397 e. The van der Waals surface area contributed by atoms with Crippen LogP contribution < -0.4 is 5.32 Å². The molecule has 7 N–H and O–H groups in total. The van der Waals surface area contributed by atoms with E-state index in [1.165, 1.54) is 96.0 Å². The Labute approximate surface area is 332 Å². The lowest BCUT2D eigenvalue weighted by atomic mass is 9.99. The zero-order valence-corrected chi connectivity index (χ0v) is 34.7. The molecule has 8 atom stereocenters. The van der Waals surface area contributed by atoms with E-state index in [0.29, 0.717) is 12.8 Å². The molecular weight excluding hydrogens is 731 g/mol. The van der Waals surface area contributed by atoms with Crippen LogP contribution in [0.1, 0.15) is 168 Å². The van der Waals surface area contributed by atoms with Crippen molar-refractivity contribution in [3.05, 3.63) is 24.3 Å². The number of hydrogen-bond acceptors (Lipinski definition) is 11. The Morgan fingerprint density at radius 2 is 1.20 bits per heavy atom. The molecule has 1 amide bonds. The lowest BCUT2D eigenvalue weighted by molar-refractivity contribution is -0.298. The van der Waals surface area contributed by atoms with Gasteiger partial charge in [-0.3, -0.25) is 9.35 Å². The van der Waals surface area contributed by atoms with Gasteiger partial charge in [-0.25, -0.2) is 4.18 Å². The SMILES string of the molecule is CCCCCC/C=C\CCC(O)C(=O)NC(COC1OC(CO)C(O)C(OS(=O)(=O)O)C1O)C(O)/C=C/CCCCCCCCCCCCCCCCCC. The Kier molecular flexibility index (Phi) is 30.5. The molecule has 0 radical (unpaired) electrons. The van der Waals surface area contributed by atoms with Crippen LogP contribution in [-0.2, 0) is 28.9 Å². The van der Waals surface area contributed by atoms with Gasteiger partial charge < -0.3 is 40.3 Å². The van der Waals surface area contributed by atoms with Gasteiger partial charge in [0.05, 0.1) is 25.4 Å². The second-order valence-electron chi connectivity index (χ2n) is 15.1. The van der Waals surface area contributed by atoms with Gasteiger partial charge in [0.25, 0.3) is 0 Å². The van der Waals surface area contributed by atoms with E-state index < -0.39 is 78.5 Å². The van der Waals surface area contributed by atoms with Crippen LogP contribution in [0.25, 0.3) is 0 Å². The summed E-state index contributed by atoms with van der Waals surface area (Å²) < 4.78 is 47.3. The third kappa shape index (κ3) is 25.5. The van der Waals surface area contributed by atoms with Crippen molar-refractivity contribution in [2.45, 2.75) is 217 Å². The number of amides is 1. The molecule has 0 aromatic rings. The van der Waals surface area contributed by atoms with Crippen molar-refractivity contribution in [3.8, 4) is 0 Å². The average Bonchev–Trinajstić information content (AvgIpc) is 3.15. The quantitative estimate of drug-likeness (QED) is 0.0212. The van der Waals surface area contributed by atoms with E-state index in [4.69, 9.17) is 14.0 Å². The molecule has 55 heavy (non-hydrogen) atoms. The van der Waals surface area contributed by atoms with Crippen LogP contribution in [0, 0.1) is 0 Å². The molecule has 1 aliphatic heterocycles. The summed E-state index contributed by atoms with van der Waals surface area (Å²) in [4.78, 5) is 13.0. The molecule has 0 aromatic heterocycles. The predicted molar refractivity (Wildman–Crippen MR) is 215 cm³/mol. The second kappa shape index (κ2) is 32.5. The van der Waals surface area contributed by atoms with Gasteiger partial charge in [0, 0.05) is 0 Å². The summed E-state index contributed by atoms with van der Waals surface area (Å²) in [6.07, 6.45) is 23.0. The van der Waals surface area contributed by atoms with Crippen LogP contribution in [0.15, 0.2) is 24.3 Å². The molecule has 1 saturated heterocycles. The number of carbonyl (C=O) groups is 1. The molecule has 0 saturated carbocycles. The summed E-state index contributed by atoms with van der Waals surface area (Å²) in [5.41, 5.74) is 0. The monoisotopic (exact) mass is 808 g/mol. The fourth-order valence-electron chi connectivity index (χ4n) is 6.64. The summed E-state index contributed by atoms with van der Waals surface area (Å²) in [5, 5.41) is 54.8. The summed E-state index contributed by atoms with van der Waals surface area (Å²) in [5.74, 6) is -0.739. The van der Waals surface area contributed by atoms with Crippen molar-refractivity contribution in [1.29, 1.82) is 0 Å². The molecular formula is C41H77NO12S. The highest BCUT2D eigenvalue weighted by Crippen LogP contribution is 2.26. The number of hydrogen-bond donors (Lipinski definition) is 7. The lowest BCUT2D eigenvalue weighted by Crippen LogP contribution is -2.61. The molecule has 0 aliphatic carbocycles. The summed E-state index contributed by atoms with van der Waals surface area (Å²) in [6.45, 7) is 3.12. The van der Waals surface area contributed by atoms with Crippen LogP contribution in [0.3, 0.4) is 0 Å². The Morgan fingerprint density at radius 1 is 0.727 bits per heavy atom. The number of allylic oxidation sites excluding steroid dienone is 3. The van der Waals surface area contributed by atoms with Crippen molar-refractivity contribution < 1.29 is 57.0 Å². The first-order chi connectivity index (χ1) is 26.4. The molecule has 1 aliphatic rings. The number of carbonyl (C=O) groups excluding carboxylic acids is 1. The maximum atomic E-state index is 13.0. The van der Waals surface area contributed by atoms with Gasteiger partial charge in [-0.05, 0) is 38.5 Å². The maximum absolute atomic E-state index is 13.0. The van der Waals surface area contributed by atoms with Crippen LogP contribution in [-0.4, -0.2) is 107 Å². The van der Waals surface area contributed by atoms with Gasteiger partial charge in [-0.2, -0.15) is 8.42 Å².